The lowest BCUT2D eigenvalue weighted by Gasteiger charge is -2.36. The van der Waals surface area contributed by atoms with Gasteiger partial charge in [0.05, 0.1) is 6.10 Å². The van der Waals surface area contributed by atoms with E-state index in [4.69, 9.17) is 0 Å². The Bertz CT molecular complexity index is 435. The molecule has 1 N–H and O–H groups in total. The van der Waals surface area contributed by atoms with Crippen molar-refractivity contribution in [2.24, 2.45) is 5.92 Å². The summed E-state index contributed by atoms with van der Waals surface area (Å²) in [4.78, 5) is 11.1. The summed E-state index contributed by atoms with van der Waals surface area (Å²) in [5.41, 5.74) is 2.55. The summed E-state index contributed by atoms with van der Waals surface area (Å²) in [5.74, 6) is 1.48. The molecule has 0 spiro atoms. The second-order valence-corrected chi connectivity index (χ2v) is 5.61. The first-order valence-corrected chi connectivity index (χ1v) is 7.01. The molecule has 3 rings (SSSR count). The first kappa shape index (κ1) is 11.9. The van der Waals surface area contributed by atoms with E-state index in [1.54, 1.807) is 6.33 Å². The molecule has 4 nitrogen and oxygen atoms in total. The smallest absolute Gasteiger partial charge is 0.135 e. The maximum Gasteiger partial charge on any atom is 0.135 e. The Morgan fingerprint density at radius 1 is 1.28 bits per heavy atom. The van der Waals surface area contributed by atoms with Crippen LogP contribution in [-0.4, -0.2) is 34.3 Å². The number of rotatable bonds is 1. The predicted molar refractivity (Wildman–Crippen MR) is 70.7 cm³/mol. The molecule has 1 fully saturated rings. The van der Waals surface area contributed by atoms with Gasteiger partial charge < -0.3 is 10.0 Å². The molecule has 0 saturated carbocycles. The van der Waals surface area contributed by atoms with Crippen molar-refractivity contribution in [2.75, 3.05) is 18.0 Å². The van der Waals surface area contributed by atoms with Crippen LogP contribution in [0, 0.1) is 5.92 Å². The van der Waals surface area contributed by atoms with E-state index in [1.807, 2.05) is 0 Å². The van der Waals surface area contributed by atoms with Crippen LogP contribution in [0.15, 0.2) is 6.33 Å². The van der Waals surface area contributed by atoms with Crippen LogP contribution in [-0.2, 0) is 12.8 Å². The van der Waals surface area contributed by atoms with Gasteiger partial charge in [-0.25, -0.2) is 9.97 Å². The molecule has 1 aromatic heterocycles. The van der Waals surface area contributed by atoms with Crippen LogP contribution in [0.25, 0.3) is 0 Å². The fourth-order valence-electron chi connectivity index (χ4n) is 3.02. The highest BCUT2D eigenvalue weighted by molar-refractivity contribution is 5.50. The Balaban J connectivity index is 1.88. The van der Waals surface area contributed by atoms with E-state index in [2.05, 4.69) is 21.8 Å². The van der Waals surface area contributed by atoms with Crippen LogP contribution >= 0.6 is 0 Å². The van der Waals surface area contributed by atoms with Gasteiger partial charge in [-0.1, -0.05) is 6.92 Å². The van der Waals surface area contributed by atoms with Gasteiger partial charge in [0, 0.05) is 24.3 Å². The summed E-state index contributed by atoms with van der Waals surface area (Å²) in [7, 11) is 0. The number of aliphatic hydroxyl groups is 1. The molecule has 1 aromatic rings. The summed E-state index contributed by atoms with van der Waals surface area (Å²) >= 11 is 0. The van der Waals surface area contributed by atoms with Gasteiger partial charge in [-0.3, -0.25) is 0 Å². The molecule has 2 heterocycles. The normalized spacial score (nSPS) is 28.0. The van der Waals surface area contributed by atoms with Crippen molar-refractivity contribution in [2.45, 2.75) is 45.1 Å². The van der Waals surface area contributed by atoms with Crippen LogP contribution in [0.1, 0.15) is 37.4 Å². The highest BCUT2D eigenvalue weighted by Crippen LogP contribution is 2.29. The van der Waals surface area contributed by atoms with Crippen LogP contribution in [0.4, 0.5) is 5.82 Å². The SMILES string of the molecule is CC1CCN(c2ncnc3c2CCCC3)CC1O. The van der Waals surface area contributed by atoms with Gasteiger partial charge in [0.15, 0.2) is 0 Å². The fraction of sp³-hybridized carbons (Fsp3) is 0.714. The molecule has 0 radical (unpaired) electrons. The third kappa shape index (κ3) is 2.09. The number of aromatic nitrogens is 2. The van der Waals surface area contributed by atoms with Crippen molar-refractivity contribution in [3.8, 4) is 0 Å². The van der Waals surface area contributed by atoms with Crippen LogP contribution < -0.4 is 4.90 Å². The first-order valence-electron chi connectivity index (χ1n) is 7.01. The number of aliphatic hydroxyl groups excluding tert-OH is 1. The number of anilines is 1. The Kier molecular flexibility index (Phi) is 3.20. The second kappa shape index (κ2) is 4.84. The number of hydrogen-bond acceptors (Lipinski definition) is 4. The maximum absolute atomic E-state index is 10.0. The number of fused-ring (bicyclic) bond motifs is 1. The van der Waals surface area contributed by atoms with Crippen molar-refractivity contribution in [1.29, 1.82) is 0 Å². The number of piperidine rings is 1. The van der Waals surface area contributed by atoms with Crippen molar-refractivity contribution >= 4 is 5.82 Å². The molecule has 0 bridgehead atoms. The van der Waals surface area contributed by atoms with Crippen LogP contribution in [0.2, 0.25) is 0 Å². The lowest BCUT2D eigenvalue weighted by molar-refractivity contribution is 0.102. The summed E-state index contributed by atoms with van der Waals surface area (Å²) in [5, 5.41) is 10.0. The van der Waals surface area contributed by atoms with E-state index in [9.17, 15) is 5.11 Å². The number of aryl methyl sites for hydroxylation is 1. The lowest BCUT2D eigenvalue weighted by Crippen LogP contribution is -2.43. The highest BCUT2D eigenvalue weighted by Gasteiger charge is 2.27. The number of nitrogens with zero attached hydrogens (tertiary/aromatic N) is 3. The van der Waals surface area contributed by atoms with E-state index in [0.717, 1.165) is 31.6 Å². The molecule has 2 atom stereocenters. The standard InChI is InChI=1S/C14H21N3O/c1-10-6-7-17(8-13(10)18)14-11-4-2-3-5-12(11)15-9-16-14/h9-10,13,18H,2-8H2,1H3. The van der Waals surface area contributed by atoms with Crippen molar-refractivity contribution in [1.82, 2.24) is 9.97 Å². The molecule has 98 valence electrons. The van der Waals surface area contributed by atoms with Crippen LogP contribution in [0.3, 0.4) is 0 Å². The predicted octanol–water partition coefficient (Wildman–Crippen LogP) is 1.56. The van der Waals surface area contributed by atoms with Crippen molar-refractivity contribution < 1.29 is 5.11 Å². The largest absolute Gasteiger partial charge is 0.391 e. The summed E-state index contributed by atoms with van der Waals surface area (Å²) in [6, 6.07) is 0. The quantitative estimate of drug-likeness (QED) is 0.818. The fourth-order valence-corrected chi connectivity index (χ4v) is 3.02. The third-order valence-corrected chi connectivity index (χ3v) is 4.32. The molecular formula is C14H21N3O. The minimum atomic E-state index is -0.229. The molecule has 0 aromatic carbocycles. The number of hydrogen-bond donors (Lipinski definition) is 1. The highest BCUT2D eigenvalue weighted by atomic mass is 16.3. The first-order chi connectivity index (χ1) is 8.75. The average molecular weight is 247 g/mol. The van der Waals surface area contributed by atoms with Gasteiger partial charge in [-0.05, 0) is 38.0 Å². The van der Waals surface area contributed by atoms with Crippen LogP contribution in [0.5, 0.6) is 0 Å². The molecule has 2 aliphatic rings. The van der Waals surface area contributed by atoms with E-state index in [0.29, 0.717) is 12.5 Å². The van der Waals surface area contributed by atoms with Gasteiger partial charge in [0.25, 0.3) is 0 Å². The Morgan fingerprint density at radius 3 is 2.94 bits per heavy atom. The van der Waals surface area contributed by atoms with Crippen molar-refractivity contribution in [3.63, 3.8) is 0 Å². The van der Waals surface area contributed by atoms with Gasteiger partial charge in [-0.2, -0.15) is 0 Å². The molecule has 18 heavy (non-hydrogen) atoms. The zero-order valence-electron chi connectivity index (χ0n) is 11.0. The molecular weight excluding hydrogens is 226 g/mol. The third-order valence-electron chi connectivity index (χ3n) is 4.32. The maximum atomic E-state index is 10.0. The van der Waals surface area contributed by atoms with Gasteiger partial charge in [-0.15, -0.1) is 0 Å². The molecule has 1 saturated heterocycles. The van der Waals surface area contributed by atoms with E-state index < -0.39 is 0 Å². The average Bonchev–Trinajstić information content (AvgIpc) is 2.41. The Hall–Kier alpha value is -1.16. The summed E-state index contributed by atoms with van der Waals surface area (Å²) in [6.07, 6.45) is 7.14. The Labute approximate surface area is 108 Å². The minimum absolute atomic E-state index is 0.229. The topological polar surface area (TPSA) is 49.2 Å². The molecule has 4 heteroatoms. The summed E-state index contributed by atoms with van der Waals surface area (Å²) < 4.78 is 0. The van der Waals surface area contributed by atoms with E-state index in [-0.39, 0.29) is 6.10 Å². The Morgan fingerprint density at radius 2 is 2.11 bits per heavy atom. The molecule has 0 amide bonds. The van der Waals surface area contributed by atoms with Gasteiger partial charge >= 0.3 is 0 Å². The van der Waals surface area contributed by atoms with Crippen molar-refractivity contribution in [3.05, 3.63) is 17.6 Å². The lowest BCUT2D eigenvalue weighted by atomic mass is 9.93. The molecule has 1 aliphatic carbocycles. The van der Waals surface area contributed by atoms with E-state index in [1.165, 1.54) is 24.1 Å². The van der Waals surface area contributed by atoms with E-state index >= 15 is 0 Å². The zero-order valence-corrected chi connectivity index (χ0v) is 11.0. The zero-order chi connectivity index (χ0) is 12.5. The van der Waals surface area contributed by atoms with Gasteiger partial charge in [0.2, 0.25) is 0 Å². The van der Waals surface area contributed by atoms with Gasteiger partial charge in [0.1, 0.15) is 12.1 Å². The second-order valence-electron chi connectivity index (χ2n) is 5.61. The minimum Gasteiger partial charge on any atom is -0.391 e. The molecule has 1 aliphatic heterocycles. The molecule has 2 unspecified atom stereocenters. The summed E-state index contributed by atoms with van der Waals surface area (Å²) in [6.45, 7) is 3.84. The number of β-amino-alcohol motifs (C(OH)–C–C–N with tert-alkyl or cyclic N) is 1. The monoisotopic (exact) mass is 247 g/mol.